The van der Waals surface area contributed by atoms with Gasteiger partial charge in [-0.3, -0.25) is 9.09 Å². The number of nitrogens with zero attached hydrogens (tertiary/aromatic N) is 4. The van der Waals surface area contributed by atoms with E-state index in [0.717, 1.165) is 0 Å². The lowest BCUT2D eigenvalue weighted by atomic mass is 10.1. The molecule has 1 aliphatic rings. The zero-order valence-corrected chi connectivity index (χ0v) is 12.9. The summed E-state index contributed by atoms with van der Waals surface area (Å²) in [4.78, 5) is 29.2. The average Bonchev–Trinajstić information content (AvgIpc) is 3.01. The molecule has 1 aliphatic heterocycles. The number of phosphoric ester groups is 1. The Balaban J connectivity index is 0.00000208. The first kappa shape index (κ1) is 18.6. The van der Waals surface area contributed by atoms with Gasteiger partial charge in [-0.25, -0.2) is 19.5 Å². The van der Waals surface area contributed by atoms with Gasteiger partial charge in [-0.2, -0.15) is 0 Å². The van der Waals surface area contributed by atoms with E-state index in [4.69, 9.17) is 20.3 Å². The number of hydrogen-bond acceptors (Lipinski definition) is 9. The molecule has 0 bridgehead atoms. The zero-order valence-electron chi connectivity index (χ0n) is 12.0. The van der Waals surface area contributed by atoms with E-state index < -0.39 is 39.0 Å². The summed E-state index contributed by atoms with van der Waals surface area (Å²) in [5.74, 6) is 0.142. The van der Waals surface area contributed by atoms with Crippen molar-refractivity contribution in [2.24, 2.45) is 0 Å². The first-order chi connectivity index (χ1) is 10.8. The van der Waals surface area contributed by atoms with Gasteiger partial charge in [0, 0.05) is 0 Å². The number of aliphatic hydroxyl groups excluding tert-OH is 2. The maximum atomic E-state index is 10.7. The smallest absolute Gasteiger partial charge is 0.412 e. The van der Waals surface area contributed by atoms with E-state index in [0.29, 0.717) is 5.52 Å². The fraction of sp³-hybridized carbons (Fsp3) is 0.500. The van der Waals surface area contributed by atoms with E-state index in [-0.39, 0.29) is 16.9 Å². The van der Waals surface area contributed by atoms with E-state index in [1.165, 1.54) is 17.2 Å². The van der Waals surface area contributed by atoms with Crippen LogP contribution in [0.25, 0.3) is 11.2 Å². The van der Waals surface area contributed by atoms with Crippen LogP contribution >= 0.6 is 7.82 Å². The number of anilines is 1. The van der Waals surface area contributed by atoms with Crippen molar-refractivity contribution in [3.05, 3.63) is 12.7 Å². The summed E-state index contributed by atoms with van der Waals surface area (Å²) in [6.07, 6.45) is -2.49. The Hall–Kier alpha value is -1.70. The highest BCUT2D eigenvalue weighted by atomic mass is 31.2. The summed E-state index contributed by atoms with van der Waals surface area (Å²) in [5.41, 5.74) is 6.25. The van der Waals surface area contributed by atoms with Gasteiger partial charge < -0.3 is 35.9 Å². The summed E-state index contributed by atoms with van der Waals surface area (Å²) in [7, 11) is -4.72. The number of phosphoric acid groups is 1. The van der Waals surface area contributed by atoms with Crippen molar-refractivity contribution in [3.63, 3.8) is 0 Å². The standard InChI is InChI=1S/C10H14N5O7P.H2O/c11-8-5-9(13-2-12-8)15(3-14-5)10-7(17)6(16)4(22-10)1-21-23(18,19)20;/h2-4,6-7,10,16-17H,1H2,(H2,11,12,13)(H2,18,19,20);1H2/t4-,6+,7?,10-;/m1./s1. The van der Waals surface area contributed by atoms with E-state index in [1.807, 2.05) is 0 Å². The molecule has 2 aromatic rings. The molecule has 0 amide bonds. The lowest BCUT2D eigenvalue weighted by Gasteiger charge is -2.16. The van der Waals surface area contributed by atoms with E-state index in [9.17, 15) is 14.8 Å². The van der Waals surface area contributed by atoms with Crippen LogP contribution in [-0.4, -0.2) is 69.9 Å². The monoisotopic (exact) mass is 365 g/mol. The molecule has 0 aliphatic carbocycles. The van der Waals surface area contributed by atoms with Gasteiger partial charge >= 0.3 is 7.82 Å². The number of fused-ring (bicyclic) bond motifs is 1. The van der Waals surface area contributed by atoms with Gasteiger partial charge in [0.2, 0.25) is 0 Å². The van der Waals surface area contributed by atoms with Gasteiger partial charge in [-0.05, 0) is 0 Å². The molecule has 24 heavy (non-hydrogen) atoms. The van der Waals surface area contributed by atoms with Crippen molar-refractivity contribution in [1.29, 1.82) is 0 Å². The number of aromatic nitrogens is 4. The second kappa shape index (κ2) is 6.66. The molecule has 1 unspecified atom stereocenters. The third-order valence-corrected chi connectivity index (χ3v) is 3.89. The van der Waals surface area contributed by atoms with Crippen molar-refractivity contribution in [2.45, 2.75) is 24.5 Å². The summed E-state index contributed by atoms with van der Waals surface area (Å²) in [6.45, 7) is -0.594. The number of nitrogen functional groups attached to an aromatic ring is 1. The van der Waals surface area contributed by atoms with Crippen molar-refractivity contribution in [1.82, 2.24) is 19.5 Å². The van der Waals surface area contributed by atoms with Crippen LogP contribution in [0.2, 0.25) is 0 Å². The SMILES string of the molecule is Nc1ncnc2c1ncn2[C@@H]1O[C@H](COP(=O)(O)O)[C@H](O)C1O.O. The Labute approximate surface area is 134 Å². The maximum Gasteiger partial charge on any atom is 0.469 e. The Morgan fingerprint density at radius 3 is 2.67 bits per heavy atom. The average molecular weight is 365 g/mol. The molecule has 2 aromatic heterocycles. The van der Waals surface area contributed by atoms with Crippen LogP contribution in [0, 0.1) is 0 Å². The predicted molar refractivity (Wildman–Crippen MR) is 77.3 cm³/mol. The van der Waals surface area contributed by atoms with Crippen LogP contribution < -0.4 is 5.73 Å². The minimum atomic E-state index is -4.72. The predicted octanol–water partition coefficient (Wildman–Crippen LogP) is -2.69. The molecule has 0 saturated carbocycles. The van der Waals surface area contributed by atoms with Crippen molar-refractivity contribution in [2.75, 3.05) is 12.3 Å². The Bertz CT molecular complexity index is 765. The highest BCUT2D eigenvalue weighted by Gasteiger charge is 2.45. The van der Waals surface area contributed by atoms with Gasteiger partial charge in [0.15, 0.2) is 17.7 Å². The normalized spacial score (nSPS) is 27.3. The summed E-state index contributed by atoms with van der Waals surface area (Å²) in [5, 5.41) is 20.1. The fourth-order valence-corrected chi connectivity index (χ4v) is 2.66. The third kappa shape index (κ3) is 3.38. The highest BCUT2D eigenvalue weighted by molar-refractivity contribution is 7.46. The molecular formula is C10H16N5O8P. The number of rotatable bonds is 4. The van der Waals surface area contributed by atoms with Crippen molar-refractivity contribution < 1.29 is 39.3 Å². The highest BCUT2D eigenvalue weighted by Crippen LogP contribution is 2.38. The van der Waals surface area contributed by atoms with Crippen LogP contribution in [0.5, 0.6) is 0 Å². The van der Waals surface area contributed by atoms with Crippen LogP contribution in [0.1, 0.15) is 6.23 Å². The zero-order chi connectivity index (χ0) is 16.8. The van der Waals surface area contributed by atoms with Crippen LogP contribution in [-0.2, 0) is 13.8 Å². The van der Waals surface area contributed by atoms with Crippen molar-refractivity contribution >= 4 is 24.8 Å². The summed E-state index contributed by atoms with van der Waals surface area (Å²) in [6, 6.07) is 0. The molecule has 14 heteroatoms. The molecule has 4 atom stereocenters. The molecular weight excluding hydrogens is 349 g/mol. The van der Waals surface area contributed by atoms with Gasteiger partial charge in [0.05, 0.1) is 12.9 Å². The molecule has 1 saturated heterocycles. The lowest BCUT2D eigenvalue weighted by Crippen LogP contribution is -2.33. The van der Waals surface area contributed by atoms with E-state index in [2.05, 4.69) is 19.5 Å². The molecule has 0 spiro atoms. The molecule has 0 radical (unpaired) electrons. The molecule has 3 rings (SSSR count). The second-order valence-corrected chi connectivity index (χ2v) is 6.15. The number of hydrogen-bond donors (Lipinski definition) is 5. The molecule has 1 fully saturated rings. The molecule has 134 valence electrons. The first-order valence-corrected chi connectivity index (χ1v) is 7.95. The number of imidazole rings is 1. The minimum absolute atomic E-state index is 0. The number of aliphatic hydroxyl groups is 2. The van der Waals surface area contributed by atoms with Crippen LogP contribution in [0.4, 0.5) is 5.82 Å². The largest absolute Gasteiger partial charge is 0.469 e. The van der Waals surface area contributed by atoms with E-state index in [1.54, 1.807) is 0 Å². The first-order valence-electron chi connectivity index (χ1n) is 6.42. The Kier molecular flexibility index (Phi) is 5.17. The molecule has 0 aromatic carbocycles. The van der Waals surface area contributed by atoms with Gasteiger partial charge in [0.25, 0.3) is 0 Å². The minimum Gasteiger partial charge on any atom is -0.412 e. The van der Waals surface area contributed by atoms with Crippen LogP contribution in [0.3, 0.4) is 0 Å². The lowest BCUT2D eigenvalue weighted by molar-refractivity contribution is -0.0504. The van der Waals surface area contributed by atoms with Gasteiger partial charge in [-0.15, -0.1) is 0 Å². The Morgan fingerprint density at radius 1 is 1.29 bits per heavy atom. The third-order valence-electron chi connectivity index (χ3n) is 3.41. The summed E-state index contributed by atoms with van der Waals surface area (Å²) >= 11 is 0. The quantitative estimate of drug-likeness (QED) is 0.351. The second-order valence-electron chi connectivity index (χ2n) is 4.92. The van der Waals surface area contributed by atoms with Gasteiger partial charge in [-0.1, -0.05) is 0 Å². The molecule has 8 N–H and O–H groups in total. The topological polar surface area (TPSA) is 218 Å². The van der Waals surface area contributed by atoms with Gasteiger partial charge in [0.1, 0.15) is 30.2 Å². The van der Waals surface area contributed by atoms with E-state index >= 15 is 0 Å². The van der Waals surface area contributed by atoms with Crippen molar-refractivity contribution in [3.8, 4) is 0 Å². The fourth-order valence-electron chi connectivity index (χ4n) is 2.32. The molecule has 13 nitrogen and oxygen atoms in total. The Morgan fingerprint density at radius 2 is 2.00 bits per heavy atom. The number of nitrogens with two attached hydrogens (primary N) is 1. The van der Waals surface area contributed by atoms with Crippen LogP contribution in [0.15, 0.2) is 12.7 Å². The summed E-state index contributed by atoms with van der Waals surface area (Å²) < 4.78 is 21.8. The maximum absolute atomic E-state index is 10.7. The number of ether oxygens (including phenoxy) is 1. The molecule has 3 heterocycles.